The van der Waals surface area contributed by atoms with Crippen molar-refractivity contribution in [1.82, 2.24) is 15.3 Å². The van der Waals surface area contributed by atoms with E-state index >= 15 is 0 Å². The van der Waals surface area contributed by atoms with Gasteiger partial charge in [0.15, 0.2) is 5.16 Å². The number of halogens is 2. The third-order valence-corrected chi connectivity index (χ3v) is 4.24. The monoisotopic (exact) mass is 369 g/mol. The highest BCUT2D eigenvalue weighted by Gasteiger charge is 2.06. The number of benzene rings is 1. The summed E-state index contributed by atoms with van der Waals surface area (Å²) in [6.45, 7) is 4.35. The molecule has 2 aromatic rings. The largest absolute Gasteiger partial charge is 0.355 e. The van der Waals surface area contributed by atoms with E-state index in [0.29, 0.717) is 33.9 Å². The van der Waals surface area contributed by atoms with Crippen molar-refractivity contribution >= 4 is 40.9 Å². The topological polar surface area (TPSA) is 54.9 Å². The van der Waals surface area contributed by atoms with E-state index < -0.39 is 0 Å². The smallest absolute Gasteiger partial charge is 0.230 e. The summed E-state index contributed by atoms with van der Waals surface area (Å²) in [5.74, 6) is 0.241. The van der Waals surface area contributed by atoms with Gasteiger partial charge >= 0.3 is 0 Å². The van der Waals surface area contributed by atoms with Crippen LogP contribution in [0.2, 0.25) is 10.0 Å². The number of carbonyl (C=O) groups is 1. The third-order valence-electron chi connectivity index (χ3n) is 2.95. The first-order chi connectivity index (χ1) is 10.9. The normalized spacial score (nSPS) is 10.6. The molecule has 1 N–H and O–H groups in total. The molecule has 7 heteroatoms. The van der Waals surface area contributed by atoms with Crippen LogP contribution in [0.1, 0.15) is 17.0 Å². The molecule has 122 valence electrons. The number of carbonyl (C=O) groups excluding carboxylic acids is 1. The van der Waals surface area contributed by atoms with Gasteiger partial charge in [0.1, 0.15) is 0 Å². The average Bonchev–Trinajstić information content (AvgIpc) is 2.43. The first-order valence-corrected chi connectivity index (χ1v) is 8.83. The Hall–Kier alpha value is -1.30. The Morgan fingerprint density at radius 3 is 2.30 bits per heavy atom. The minimum Gasteiger partial charge on any atom is -0.355 e. The number of hydrogen-bond donors (Lipinski definition) is 1. The number of thioether (sulfide) groups is 1. The van der Waals surface area contributed by atoms with Crippen LogP contribution in [0.25, 0.3) is 0 Å². The molecule has 0 radical (unpaired) electrons. The van der Waals surface area contributed by atoms with Gasteiger partial charge in [0.2, 0.25) is 5.91 Å². The van der Waals surface area contributed by atoms with E-state index in [1.165, 1.54) is 11.8 Å². The molecule has 0 bridgehead atoms. The van der Waals surface area contributed by atoms with Crippen molar-refractivity contribution in [3.05, 3.63) is 51.3 Å². The number of hydrogen-bond acceptors (Lipinski definition) is 4. The zero-order chi connectivity index (χ0) is 16.8. The quantitative estimate of drug-likeness (QED) is 0.620. The number of aromatic nitrogens is 2. The van der Waals surface area contributed by atoms with Crippen molar-refractivity contribution in [2.24, 2.45) is 0 Å². The summed E-state index contributed by atoms with van der Waals surface area (Å²) in [4.78, 5) is 20.5. The maximum atomic E-state index is 11.9. The molecule has 4 nitrogen and oxygen atoms in total. The van der Waals surface area contributed by atoms with E-state index in [-0.39, 0.29) is 5.91 Å². The lowest BCUT2D eigenvalue weighted by Gasteiger charge is -2.06. The maximum Gasteiger partial charge on any atom is 0.230 e. The molecule has 0 atom stereocenters. The van der Waals surface area contributed by atoms with Gasteiger partial charge in [0, 0.05) is 28.0 Å². The molecule has 1 aromatic heterocycles. The molecule has 0 aliphatic rings. The fraction of sp³-hybridized carbons (Fsp3) is 0.312. The summed E-state index contributed by atoms with van der Waals surface area (Å²) in [5.41, 5.74) is 2.80. The standard InChI is InChI=1S/C16H17Cl2N3OS/c1-10-5-11(2)21-16(20-10)23-9-15(22)19-4-3-12-6-13(17)8-14(18)7-12/h5-8H,3-4,9H2,1-2H3,(H,19,22). The number of aryl methyl sites for hydroxylation is 2. The van der Waals surface area contributed by atoms with Crippen LogP contribution >= 0.6 is 35.0 Å². The fourth-order valence-electron chi connectivity index (χ4n) is 2.04. The fourth-order valence-corrected chi connectivity index (χ4v) is 3.39. The van der Waals surface area contributed by atoms with E-state index in [0.717, 1.165) is 17.0 Å². The zero-order valence-corrected chi connectivity index (χ0v) is 15.2. The molecule has 0 saturated carbocycles. The van der Waals surface area contributed by atoms with Gasteiger partial charge in [0.25, 0.3) is 0 Å². The highest BCUT2D eigenvalue weighted by Crippen LogP contribution is 2.19. The lowest BCUT2D eigenvalue weighted by atomic mass is 10.1. The van der Waals surface area contributed by atoms with E-state index in [1.807, 2.05) is 32.0 Å². The summed E-state index contributed by atoms with van der Waals surface area (Å²) in [5, 5.41) is 4.69. The van der Waals surface area contributed by atoms with Crippen LogP contribution in [0.4, 0.5) is 0 Å². The van der Waals surface area contributed by atoms with Crippen LogP contribution in [0.3, 0.4) is 0 Å². The van der Waals surface area contributed by atoms with Crippen molar-refractivity contribution in [3.63, 3.8) is 0 Å². The Morgan fingerprint density at radius 2 is 1.70 bits per heavy atom. The SMILES string of the molecule is Cc1cc(C)nc(SCC(=O)NCCc2cc(Cl)cc(Cl)c2)n1. The second-order valence-corrected chi connectivity index (χ2v) is 6.91. The second-order valence-electron chi connectivity index (χ2n) is 5.10. The minimum absolute atomic E-state index is 0.0501. The highest BCUT2D eigenvalue weighted by molar-refractivity contribution is 7.99. The minimum atomic E-state index is -0.0501. The van der Waals surface area contributed by atoms with Crippen LogP contribution < -0.4 is 5.32 Å². The summed E-state index contributed by atoms with van der Waals surface area (Å²) < 4.78 is 0. The van der Waals surface area contributed by atoms with Crippen molar-refractivity contribution in [3.8, 4) is 0 Å². The van der Waals surface area contributed by atoms with Crippen LogP contribution in [0, 0.1) is 13.8 Å². The first-order valence-electron chi connectivity index (χ1n) is 7.09. The van der Waals surface area contributed by atoms with Gasteiger partial charge in [0.05, 0.1) is 5.75 Å². The molecule has 23 heavy (non-hydrogen) atoms. The molecule has 0 aliphatic heterocycles. The lowest BCUT2D eigenvalue weighted by Crippen LogP contribution is -2.27. The van der Waals surface area contributed by atoms with Crippen LogP contribution in [-0.4, -0.2) is 28.2 Å². The molecule has 0 unspecified atom stereocenters. The predicted molar refractivity (Wildman–Crippen MR) is 95.4 cm³/mol. The van der Waals surface area contributed by atoms with E-state index in [2.05, 4.69) is 15.3 Å². The van der Waals surface area contributed by atoms with Gasteiger partial charge < -0.3 is 5.32 Å². The average molecular weight is 370 g/mol. The Morgan fingerprint density at radius 1 is 1.09 bits per heavy atom. The molecule has 2 rings (SSSR count). The summed E-state index contributed by atoms with van der Waals surface area (Å²) in [6, 6.07) is 7.28. The zero-order valence-electron chi connectivity index (χ0n) is 12.9. The Labute approximate surface area is 150 Å². The van der Waals surface area contributed by atoms with Gasteiger partial charge in [-0.05, 0) is 50.1 Å². The van der Waals surface area contributed by atoms with Crippen LogP contribution in [0.15, 0.2) is 29.4 Å². The van der Waals surface area contributed by atoms with Crippen LogP contribution in [0.5, 0.6) is 0 Å². The molecular formula is C16H17Cl2N3OS. The van der Waals surface area contributed by atoms with Crippen LogP contribution in [-0.2, 0) is 11.2 Å². The molecule has 1 amide bonds. The Kier molecular flexibility index (Phi) is 6.69. The molecule has 1 heterocycles. The molecular weight excluding hydrogens is 353 g/mol. The molecule has 0 aliphatic carbocycles. The van der Waals surface area contributed by atoms with Gasteiger partial charge in [-0.25, -0.2) is 9.97 Å². The summed E-state index contributed by atoms with van der Waals surface area (Å²) >= 11 is 13.2. The highest BCUT2D eigenvalue weighted by atomic mass is 35.5. The summed E-state index contributed by atoms with van der Waals surface area (Å²) in [7, 11) is 0. The Balaban J connectivity index is 1.76. The molecule has 0 saturated heterocycles. The van der Waals surface area contributed by atoms with E-state index in [4.69, 9.17) is 23.2 Å². The van der Waals surface area contributed by atoms with Crippen molar-refractivity contribution < 1.29 is 4.79 Å². The van der Waals surface area contributed by atoms with Crippen molar-refractivity contribution in [2.45, 2.75) is 25.4 Å². The number of rotatable bonds is 6. The summed E-state index contributed by atoms with van der Waals surface area (Å²) in [6.07, 6.45) is 0.677. The van der Waals surface area contributed by atoms with E-state index in [1.54, 1.807) is 6.07 Å². The molecule has 1 aromatic carbocycles. The number of nitrogens with zero attached hydrogens (tertiary/aromatic N) is 2. The lowest BCUT2D eigenvalue weighted by molar-refractivity contribution is -0.118. The van der Waals surface area contributed by atoms with Gasteiger partial charge in [-0.2, -0.15) is 0 Å². The van der Waals surface area contributed by atoms with Gasteiger partial charge in [-0.3, -0.25) is 4.79 Å². The Bertz CT molecular complexity index is 669. The third kappa shape index (κ3) is 6.37. The van der Waals surface area contributed by atoms with Crippen molar-refractivity contribution in [1.29, 1.82) is 0 Å². The predicted octanol–water partition coefficient (Wildman–Crippen LogP) is 3.85. The second kappa shape index (κ2) is 8.52. The van der Waals surface area contributed by atoms with Gasteiger partial charge in [-0.15, -0.1) is 0 Å². The first kappa shape index (κ1) is 18.0. The number of amides is 1. The number of nitrogens with one attached hydrogen (secondary N) is 1. The van der Waals surface area contributed by atoms with E-state index in [9.17, 15) is 4.79 Å². The maximum absolute atomic E-state index is 11.9. The van der Waals surface area contributed by atoms with Gasteiger partial charge in [-0.1, -0.05) is 35.0 Å². The molecule has 0 fully saturated rings. The molecule has 0 spiro atoms. The van der Waals surface area contributed by atoms with Crippen molar-refractivity contribution in [2.75, 3.05) is 12.3 Å².